The molecule has 1 aromatic heterocycles. The van der Waals surface area contributed by atoms with Crippen molar-refractivity contribution in [2.24, 2.45) is 0 Å². The first-order valence-corrected chi connectivity index (χ1v) is 8.86. The monoisotopic (exact) mass is 385 g/mol. The molecule has 0 unspecified atom stereocenters. The lowest BCUT2D eigenvalue weighted by Crippen LogP contribution is -2.25. The van der Waals surface area contributed by atoms with Crippen molar-refractivity contribution in [2.45, 2.75) is 6.42 Å². The molecule has 0 saturated carbocycles. The number of pyridine rings is 1. The highest BCUT2D eigenvalue weighted by Crippen LogP contribution is 2.19. The molecule has 0 atom stereocenters. The molecule has 3 rings (SSSR count). The third-order valence-electron chi connectivity index (χ3n) is 3.72. The van der Waals surface area contributed by atoms with Crippen molar-refractivity contribution in [3.8, 4) is 0 Å². The summed E-state index contributed by atoms with van der Waals surface area (Å²) in [6.07, 6.45) is 3.92. The van der Waals surface area contributed by atoms with E-state index in [4.69, 9.17) is 23.2 Å². The Morgan fingerprint density at radius 1 is 0.923 bits per heavy atom. The predicted octanol–water partition coefficient (Wildman–Crippen LogP) is 5.10. The number of nitrogens with zero attached hydrogens (tertiary/aromatic N) is 1. The van der Waals surface area contributed by atoms with Crippen LogP contribution in [0.25, 0.3) is 0 Å². The van der Waals surface area contributed by atoms with Crippen molar-refractivity contribution >= 4 is 40.5 Å². The first kappa shape index (κ1) is 18.2. The Kier molecular flexibility index (Phi) is 6.10. The van der Waals surface area contributed by atoms with E-state index in [-0.39, 0.29) is 5.91 Å². The summed E-state index contributed by atoms with van der Waals surface area (Å²) in [5.41, 5.74) is 3.17. The number of benzene rings is 2. The zero-order chi connectivity index (χ0) is 18.4. The summed E-state index contributed by atoms with van der Waals surface area (Å²) < 4.78 is 0. The average molecular weight is 386 g/mol. The van der Waals surface area contributed by atoms with E-state index >= 15 is 0 Å². The highest BCUT2D eigenvalue weighted by atomic mass is 35.5. The molecule has 26 heavy (non-hydrogen) atoms. The van der Waals surface area contributed by atoms with Gasteiger partial charge >= 0.3 is 0 Å². The van der Waals surface area contributed by atoms with E-state index in [9.17, 15) is 4.79 Å². The number of amides is 1. The van der Waals surface area contributed by atoms with Crippen molar-refractivity contribution in [3.05, 3.63) is 88.2 Å². The van der Waals surface area contributed by atoms with Gasteiger partial charge in [-0.1, -0.05) is 35.3 Å². The molecule has 0 spiro atoms. The lowest BCUT2D eigenvalue weighted by molar-refractivity contribution is 0.0954. The van der Waals surface area contributed by atoms with Crippen LogP contribution in [0, 0.1) is 0 Å². The van der Waals surface area contributed by atoms with Crippen LogP contribution in [0.3, 0.4) is 0 Å². The van der Waals surface area contributed by atoms with E-state index in [1.807, 2.05) is 36.4 Å². The smallest absolute Gasteiger partial charge is 0.252 e. The van der Waals surface area contributed by atoms with E-state index in [0.717, 1.165) is 16.9 Å². The minimum Gasteiger partial charge on any atom is -0.354 e. The summed E-state index contributed by atoms with van der Waals surface area (Å²) >= 11 is 11.8. The minimum atomic E-state index is -0.167. The van der Waals surface area contributed by atoms with Crippen LogP contribution in [-0.4, -0.2) is 17.4 Å². The minimum absolute atomic E-state index is 0.167. The van der Waals surface area contributed by atoms with Crippen LogP contribution >= 0.6 is 23.2 Å². The number of carbonyl (C=O) groups is 1. The van der Waals surface area contributed by atoms with Gasteiger partial charge < -0.3 is 10.6 Å². The van der Waals surface area contributed by atoms with Crippen molar-refractivity contribution in [1.29, 1.82) is 0 Å². The van der Waals surface area contributed by atoms with Crippen molar-refractivity contribution in [1.82, 2.24) is 10.3 Å². The Labute approximate surface area is 162 Å². The number of aromatic nitrogens is 1. The molecule has 0 aliphatic rings. The highest BCUT2D eigenvalue weighted by molar-refractivity contribution is 6.30. The summed E-state index contributed by atoms with van der Waals surface area (Å²) in [6.45, 7) is 0.522. The van der Waals surface area contributed by atoms with Crippen LogP contribution in [0.2, 0.25) is 10.0 Å². The molecule has 0 aliphatic carbocycles. The van der Waals surface area contributed by atoms with Gasteiger partial charge in [0.2, 0.25) is 0 Å². The second-order valence-electron chi connectivity index (χ2n) is 5.73. The summed E-state index contributed by atoms with van der Waals surface area (Å²) in [6, 6.07) is 16.7. The molecular formula is C20H17Cl2N3O. The number of anilines is 2. The summed E-state index contributed by atoms with van der Waals surface area (Å²) in [7, 11) is 0. The van der Waals surface area contributed by atoms with Crippen molar-refractivity contribution < 1.29 is 4.79 Å². The molecule has 0 saturated heterocycles. The Hall–Kier alpha value is -2.56. The van der Waals surface area contributed by atoms with Gasteiger partial charge in [0.25, 0.3) is 5.91 Å². The maximum atomic E-state index is 12.3. The van der Waals surface area contributed by atoms with Gasteiger partial charge in [0, 0.05) is 28.5 Å². The number of hydrogen-bond donors (Lipinski definition) is 2. The topological polar surface area (TPSA) is 54.0 Å². The normalized spacial score (nSPS) is 10.4. The second kappa shape index (κ2) is 8.70. The number of rotatable bonds is 6. The van der Waals surface area contributed by atoms with E-state index < -0.39 is 0 Å². The third-order valence-corrected chi connectivity index (χ3v) is 4.21. The molecular weight excluding hydrogens is 369 g/mol. The van der Waals surface area contributed by atoms with Gasteiger partial charge in [0.1, 0.15) is 0 Å². The Balaban J connectivity index is 1.58. The maximum absolute atomic E-state index is 12.3. The van der Waals surface area contributed by atoms with Gasteiger partial charge in [-0.25, -0.2) is 0 Å². The quantitative estimate of drug-likeness (QED) is 0.620. The van der Waals surface area contributed by atoms with Crippen LogP contribution in [-0.2, 0) is 6.42 Å². The molecule has 1 amide bonds. The van der Waals surface area contributed by atoms with Crippen LogP contribution in [0.5, 0.6) is 0 Å². The molecule has 2 aromatic carbocycles. The SMILES string of the molecule is O=C(NCCc1cccc(Cl)c1)c1cncc(Nc2ccc(Cl)cc2)c1. The number of carbonyl (C=O) groups excluding carboxylic acids is 1. The molecule has 132 valence electrons. The molecule has 6 heteroatoms. The summed E-state index contributed by atoms with van der Waals surface area (Å²) in [5.74, 6) is -0.167. The summed E-state index contributed by atoms with van der Waals surface area (Å²) in [4.78, 5) is 16.5. The fourth-order valence-electron chi connectivity index (χ4n) is 2.45. The molecule has 4 nitrogen and oxygen atoms in total. The average Bonchev–Trinajstić information content (AvgIpc) is 2.64. The van der Waals surface area contributed by atoms with Crippen LogP contribution in [0.15, 0.2) is 67.0 Å². The molecule has 3 aromatic rings. The molecule has 0 aliphatic heterocycles. The lowest BCUT2D eigenvalue weighted by Gasteiger charge is -2.09. The summed E-state index contributed by atoms with van der Waals surface area (Å²) in [5, 5.41) is 7.46. The number of halogens is 2. The molecule has 1 heterocycles. The van der Waals surface area contributed by atoms with Crippen molar-refractivity contribution in [3.63, 3.8) is 0 Å². The van der Waals surface area contributed by atoms with Gasteiger partial charge in [0.15, 0.2) is 0 Å². The zero-order valence-corrected chi connectivity index (χ0v) is 15.4. The Morgan fingerprint density at radius 2 is 1.73 bits per heavy atom. The molecule has 0 fully saturated rings. The number of nitrogens with one attached hydrogen (secondary N) is 2. The zero-order valence-electron chi connectivity index (χ0n) is 13.9. The van der Waals surface area contributed by atoms with Gasteiger partial charge in [-0.2, -0.15) is 0 Å². The highest BCUT2D eigenvalue weighted by Gasteiger charge is 2.07. The second-order valence-corrected chi connectivity index (χ2v) is 6.60. The van der Waals surface area contributed by atoms with Gasteiger partial charge in [-0.3, -0.25) is 9.78 Å². The van der Waals surface area contributed by atoms with Gasteiger partial charge in [-0.15, -0.1) is 0 Å². The fraction of sp³-hybridized carbons (Fsp3) is 0.100. The largest absolute Gasteiger partial charge is 0.354 e. The number of hydrogen-bond acceptors (Lipinski definition) is 3. The fourth-order valence-corrected chi connectivity index (χ4v) is 2.79. The predicted molar refractivity (Wildman–Crippen MR) is 106 cm³/mol. The van der Waals surface area contributed by atoms with Crippen LogP contribution in [0.1, 0.15) is 15.9 Å². The van der Waals surface area contributed by atoms with E-state index in [2.05, 4.69) is 15.6 Å². The third kappa shape index (κ3) is 5.22. The Bertz CT molecular complexity index is 898. The van der Waals surface area contributed by atoms with Crippen LogP contribution in [0.4, 0.5) is 11.4 Å². The van der Waals surface area contributed by atoms with Gasteiger partial charge in [0.05, 0.1) is 17.4 Å². The molecule has 2 N–H and O–H groups in total. The maximum Gasteiger partial charge on any atom is 0.252 e. The first-order chi connectivity index (χ1) is 12.6. The Morgan fingerprint density at radius 3 is 2.50 bits per heavy atom. The molecule has 0 radical (unpaired) electrons. The van der Waals surface area contributed by atoms with E-state index in [1.165, 1.54) is 0 Å². The van der Waals surface area contributed by atoms with Crippen LogP contribution < -0.4 is 10.6 Å². The van der Waals surface area contributed by atoms with Crippen molar-refractivity contribution in [2.75, 3.05) is 11.9 Å². The molecule has 0 bridgehead atoms. The van der Waals surface area contributed by atoms with E-state index in [1.54, 1.807) is 30.6 Å². The van der Waals surface area contributed by atoms with Gasteiger partial charge in [-0.05, 0) is 54.4 Å². The first-order valence-electron chi connectivity index (χ1n) is 8.10. The lowest BCUT2D eigenvalue weighted by atomic mass is 10.1. The standard InChI is InChI=1S/C20H17Cl2N3O/c21-16-4-6-18(7-5-16)25-19-11-15(12-23-13-19)20(26)24-9-8-14-2-1-3-17(22)10-14/h1-7,10-13,25H,8-9H2,(H,24,26). The van der Waals surface area contributed by atoms with E-state index in [0.29, 0.717) is 28.6 Å².